The molecule has 0 bridgehead atoms. The van der Waals surface area contributed by atoms with Crippen molar-refractivity contribution in [1.29, 1.82) is 0 Å². The summed E-state index contributed by atoms with van der Waals surface area (Å²) in [5.41, 5.74) is 0.500. The van der Waals surface area contributed by atoms with Gasteiger partial charge < -0.3 is 0 Å². The van der Waals surface area contributed by atoms with Crippen molar-refractivity contribution >= 4 is 22.9 Å². The van der Waals surface area contributed by atoms with Gasteiger partial charge in [0.05, 0.1) is 5.75 Å². The fourth-order valence-electron chi connectivity index (χ4n) is 0.317. The average molecular weight is 189 g/mol. The molecule has 1 saturated heterocycles. The van der Waals surface area contributed by atoms with Crippen LogP contribution in [0, 0.1) is 5.41 Å². The molecule has 1 N–H and O–H groups in total. The summed E-state index contributed by atoms with van der Waals surface area (Å²) in [6.07, 6.45) is 0. The molecule has 4 heteroatoms. The van der Waals surface area contributed by atoms with Crippen LogP contribution in [0.4, 0.5) is 4.79 Å². The molecule has 0 aliphatic carbocycles. The van der Waals surface area contributed by atoms with E-state index in [0.717, 1.165) is 11.8 Å². The van der Waals surface area contributed by atoms with Gasteiger partial charge in [-0.15, -0.1) is 0 Å². The Kier molecular flexibility index (Phi) is 4.31. The lowest BCUT2D eigenvalue weighted by Gasteiger charge is -2.05. The number of amides is 2. The van der Waals surface area contributed by atoms with Gasteiger partial charge in [0.25, 0.3) is 5.24 Å². The molecule has 0 aromatic heterocycles. The number of rotatable bonds is 0. The Balaban J connectivity index is 0.000000217. The molecular weight excluding hydrogens is 174 g/mol. The van der Waals surface area contributed by atoms with Gasteiger partial charge in [-0.1, -0.05) is 39.5 Å². The first-order valence-corrected chi connectivity index (χ1v) is 4.74. The Morgan fingerprint density at radius 2 is 1.67 bits per heavy atom. The molecule has 1 fully saturated rings. The third kappa shape index (κ3) is 9.49. The minimum atomic E-state index is -0.231. The summed E-state index contributed by atoms with van der Waals surface area (Å²) < 4.78 is 0. The van der Waals surface area contributed by atoms with E-state index in [2.05, 4.69) is 33.0 Å². The van der Waals surface area contributed by atoms with E-state index in [-0.39, 0.29) is 11.1 Å². The minimum absolute atomic E-state index is 0.185. The molecule has 0 radical (unpaired) electrons. The molecule has 1 rings (SSSR count). The maximum Gasteiger partial charge on any atom is 0.286 e. The quantitative estimate of drug-likeness (QED) is 0.634. The zero-order chi connectivity index (χ0) is 9.78. The minimum Gasteiger partial charge on any atom is -0.286 e. The van der Waals surface area contributed by atoms with Gasteiger partial charge in [-0.2, -0.15) is 0 Å². The highest BCUT2D eigenvalue weighted by atomic mass is 32.2. The van der Waals surface area contributed by atoms with Gasteiger partial charge >= 0.3 is 0 Å². The molecule has 1 heterocycles. The van der Waals surface area contributed by atoms with E-state index >= 15 is 0 Å². The van der Waals surface area contributed by atoms with Crippen LogP contribution in [0.15, 0.2) is 0 Å². The van der Waals surface area contributed by atoms with Gasteiger partial charge in [0.15, 0.2) is 0 Å². The van der Waals surface area contributed by atoms with Crippen LogP contribution < -0.4 is 5.32 Å². The summed E-state index contributed by atoms with van der Waals surface area (Å²) in [4.78, 5) is 20.2. The number of hydrogen-bond acceptors (Lipinski definition) is 3. The number of carbonyl (C=O) groups is 2. The second-order valence-corrected chi connectivity index (χ2v) is 5.07. The van der Waals surface area contributed by atoms with Crippen molar-refractivity contribution in [2.24, 2.45) is 5.41 Å². The number of nitrogens with one attached hydrogen (secondary N) is 1. The summed E-state index contributed by atoms with van der Waals surface area (Å²) in [7, 11) is 0. The van der Waals surface area contributed by atoms with Crippen LogP contribution in [0.3, 0.4) is 0 Å². The number of carbonyl (C=O) groups excluding carboxylic acids is 2. The molecule has 0 aromatic carbocycles. The van der Waals surface area contributed by atoms with Crippen molar-refractivity contribution in [3.63, 3.8) is 0 Å². The second-order valence-electron chi connectivity index (χ2n) is 4.12. The summed E-state index contributed by atoms with van der Waals surface area (Å²) >= 11 is 1.01. The zero-order valence-electron chi connectivity index (χ0n) is 7.93. The Labute approximate surface area is 77.3 Å². The van der Waals surface area contributed by atoms with Crippen LogP contribution in [-0.4, -0.2) is 16.9 Å². The first-order valence-electron chi connectivity index (χ1n) is 3.75. The van der Waals surface area contributed by atoms with Crippen LogP contribution in [-0.2, 0) is 4.79 Å². The van der Waals surface area contributed by atoms with Gasteiger partial charge in [0, 0.05) is 0 Å². The van der Waals surface area contributed by atoms with Crippen LogP contribution in [0.5, 0.6) is 0 Å². The smallest absolute Gasteiger partial charge is 0.286 e. The summed E-state index contributed by atoms with van der Waals surface area (Å²) in [5, 5.41) is 1.87. The molecule has 1 aliphatic rings. The van der Waals surface area contributed by atoms with Gasteiger partial charge in [-0.3, -0.25) is 14.9 Å². The molecule has 0 aromatic rings. The molecule has 3 nitrogen and oxygen atoms in total. The first kappa shape index (κ1) is 11.5. The molecular formula is C8H15NO2S. The normalized spacial score (nSPS) is 16.7. The van der Waals surface area contributed by atoms with Crippen LogP contribution >= 0.6 is 11.8 Å². The predicted octanol–water partition coefficient (Wildman–Crippen LogP) is 2.02. The topological polar surface area (TPSA) is 46.2 Å². The highest BCUT2D eigenvalue weighted by Crippen LogP contribution is 2.08. The van der Waals surface area contributed by atoms with Crippen LogP contribution in [0.25, 0.3) is 0 Å². The van der Waals surface area contributed by atoms with Crippen molar-refractivity contribution in [2.75, 3.05) is 5.75 Å². The standard InChI is InChI=1S/C5H12.C3H3NO2S/c1-5(2,3)4;5-2-1-7-3(6)4-2/h1-4H3;1H2,(H,4,5,6). The van der Waals surface area contributed by atoms with E-state index in [1.807, 2.05) is 0 Å². The van der Waals surface area contributed by atoms with Crippen molar-refractivity contribution in [2.45, 2.75) is 27.7 Å². The molecule has 0 unspecified atom stereocenters. The SMILES string of the molecule is CC(C)(C)C.O=C1CSC(=O)N1. The summed E-state index contributed by atoms with van der Waals surface area (Å²) in [6.45, 7) is 8.75. The van der Waals surface area contributed by atoms with E-state index in [1.54, 1.807) is 0 Å². The van der Waals surface area contributed by atoms with Crippen molar-refractivity contribution < 1.29 is 9.59 Å². The third-order valence-corrected chi connectivity index (χ3v) is 1.35. The molecule has 70 valence electrons. The maximum atomic E-state index is 10.1. The molecule has 0 spiro atoms. The Morgan fingerprint density at radius 3 is 1.75 bits per heavy atom. The van der Waals surface area contributed by atoms with Crippen LogP contribution in [0.1, 0.15) is 27.7 Å². The van der Waals surface area contributed by atoms with Gasteiger partial charge in [-0.25, -0.2) is 0 Å². The average Bonchev–Trinajstić information content (AvgIpc) is 2.09. The second kappa shape index (κ2) is 4.50. The maximum absolute atomic E-state index is 10.1. The number of thioether (sulfide) groups is 1. The van der Waals surface area contributed by atoms with E-state index < -0.39 is 0 Å². The van der Waals surface area contributed by atoms with Crippen LogP contribution in [0.2, 0.25) is 0 Å². The van der Waals surface area contributed by atoms with Crippen molar-refractivity contribution in [3.8, 4) is 0 Å². The van der Waals surface area contributed by atoms with Crippen molar-refractivity contribution in [3.05, 3.63) is 0 Å². The number of imide groups is 1. The largest absolute Gasteiger partial charge is 0.286 e. The van der Waals surface area contributed by atoms with E-state index in [4.69, 9.17) is 0 Å². The molecule has 0 atom stereocenters. The van der Waals surface area contributed by atoms with Gasteiger partial charge in [0.1, 0.15) is 0 Å². The summed E-state index contributed by atoms with van der Waals surface area (Å²) in [6, 6.07) is 0. The Bertz CT molecular complexity index is 164. The molecule has 1 aliphatic heterocycles. The van der Waals surface area contributed by atoms with E-state index in [9.17, 15) is 9.59 Å². The predicted molar refractivity (Wildman–Crippen MR) is 51.1 cm³/mol. The molecule has 2 amide bonds. The monoisotopic (exact) mass is 189 g/mol. The lowest BCUT2D eigenvalue weighted by atomic mass is 10.0. The Morgan fingerprint density at radius 1 is 1.25 bits per heavy atom. The zero-order valence-corrected chi connectivity index (χ0v) is 8.75. The highest BCUT2D eigenvalue weighted by Gasteiger charge is 2.16. The lowest BCUT2D eigenvalue weighted by molar-refractivity contribution is -0.117. The van der Waals surface area contributed by atoms with Crippen molar-refractivity contribution in [1.82, 2.24) is 5.32 Å². The molecule has 0 saturated carbocycles. The highest BCUT2D eigenvalue weighted by molar-refractivity contribution is 8.14. The molecule has 12 heavy (non-hydrogen) atoms. The number of hydrogen-bond donors (Lipinski definition) is 1. The van der Waals surface area contributed by atoms with Gasteiger partial charge in [-0.05, 0) is 5.41 Å². The van der Waals surface area contributed by atoms with Gasteiger partial charge in [0.2, 0.25) is 5.91 Å². The van der Waals surface area contributed by atoms with E-state index in [0.29, 0.717) is 11.2 Å². The first-order chi connectivity index (χ1) is 5.29. The lowest BCUT2D eigenvalue weighted by Crippen LogP contribution is -2.18. The Hall–Kier alpha value is -0.510. The van der Waals surface area contributed by atoms with E-state index in [1.165, 1.54) is 0 Å². The fourth-order valence-corrected chi connectivity index (χ4v) is 0.837. The summed E-state index contributed by atoms with van der Waals surface area (Å²) in [5.74, 6) is 0.105. The third-order valence-electron chi connectivity index (χ3n) is 0.576. The fraction of sp³-hybridized carbons (Fsp3) is 0.750.